The fourth-order valence-electron chi connectivity index (χ4n) is 3.59. The van der Waals surface area contributed by atoms with E-state index in [1.165, 1.54) is 13.2 Å². The summed E-state index contributed by atoms with van der Waals surface area (Å²) >= 11 is 0.925. The van der Waals surface area contributed by atoms with E-state index in [1.54, 1.807) is 27.0 Å². The van der Waals surface area contributed by atoms with E-state index in [4.69, 9.17) is 9.47 Å². The number of esters is 2. The van der Waals surface area contributed by atoms with Gasteiger partial charge in [0.15, 0.2) is 0 Å². The average Bonchev–Trinajstić information content (AvgIpc) is 3.51. The van der Waals surface area contributed by atoms with E-state index in [0.717, 1.165) is 27.8 Å². The maximum absolute atomic E-state index is 12.8. The van der Waals surface area contributed by atoms with Crippen LogP contribution in [0, 0.1) is 11.3 Å². The number of thiophene rings is 1. The molecule has 0 aliphatic rings. The number of amides is 1. The maximum atomic E-state index is 12.8. The SMILES string of the molecule is COC(=O)[C@H](CCC(=O)OC(C)(C)C)NC(O)c1sc(C(=O)NCc2cccc3[nH]ncc23)cc1C#N. The Balaban J connectivity index is 1.68. The summed E-state index contributed by atoms with van der Waals surface area (Å²) in [5.74, 6) is -1.62. The van der Waals surface area contributed by atoms with Crippen LogP contribution in [0.4, 0.5) is 0 Å². The van der Waals surface area contributed by atoms with Crippen LogP contribution in [0.5, 0.6) is 0 Å². The van der Waals surface area contributed by atoms with Crippen molar-refractivity contribution < 1.29 is 29.0 Å². The van der Waals surface area contributed by atoms with Crippen LogP contribution in [0.1, 0.15) is 65.5 Å². The molecule has 12 heteroatoms. The van der Waals surface area contributed by atoms with Crippen LogP contribution in [0.3, 0.4) is 0 Å². The Bertz CT molecular complexity index is 1320. The molecule has 3 aromatic rings. The molecule has 1 amide bonds. The minimum atomic E-state index is -1.45. The third kappa shape index (κ3) is 7.36. The van der Waals surface area contributed by atoms with Crippen molar-refractivity contribution in [2.75, 3.05) is 7.11 Å². The van der Waals surface area contributed by atoms with Crippen molar-refractivity contribution in [1.82, 2.24) is 20.8 Å². The Morgan fingerprint density at radius 3 is 2.73 bits per heavy atom. The van der Waals surface area contributed by atoms with Crippen LogP contribution in [-0.2, 0) is 25.6 Å². The second-order valence-corrected chi connectivity index (χ2v) is 10.3. The Hall–Kier alpha value is -3.79. The number of hydrogen-bond donors (Lipinski definition) is 4. The van der Waals surface area contributed by atoms with Crippen molar-refractivity contribution in [3.63, 3.8) is 0 Å². The normalized spacial score (nSPS) is 13.0. The molecule has 1 unspecified atom stereocenters. The smallest absolute Gasteiger partial charge is 0.322 e. The molecule has 0 bridgehead atoms. The molecule has 11 nitrogen and oxygen atoms in total. The van der Waals surface area contributed by atoms with Gasteiger partial charge in [-0.3, -0.25) is 24.8 Å². The number of ether oxygens (including phenoxy) is 2. The molecule has 1 aromatic carbocycles. The number of aliphatic hydroxyl groups is 1. The molecule has 4 N–H and O–H groups in total. The summed E-state index contributed by atoms with van der Waals surface area (Å²) < 4.78 is 10.0. The minimum Gasteiger partial charge on any atom is -0.468 e. The van der Waals surface area contributed by atoms with Crippen molar-refractivity contribution >= 4 is 40.1 Å². The number of aromatic nitrogens is 2. The van der Waals surface area contributed by atoms with Gasteiger partial charge in [0.25, 0.3) is 5.91 Å². The van der Waals surface area contributed by atoms with Gasteiger partial charge in [0.1, 0.15) is 23.9 Å². The number of aromatic amines is 1. The van der Waals surface area contributed by atoms with Crippen LogP contribution in [-0.4, -0.2) is 51.9 Å². The second kappa shape index (κ2) is 12.0. The molecule has 0 fully saturated rings. The van der Waals surface area contributed by atoms with Gasteiger partial charge in [-0.2, -0.15) is 10.4 Å². The Labute approximate surface area is 217 Å². The van der Waals surface area contributed by atoms with Gasteiger partial charge in [-0.05, 0) is 44.9 Å². The molecule has 0 saturated carbocycles. The van der Waals surface area contributed by atoms with Crippen molar-refractivity contribution in [2.24, 2.45) is 0 Å². The van der Waals surface area contributed by atoms with Crippen LogP contribution >= 0.6 is 11.3 Å². The summed E-state index contributed by atoms with van der Waals surface area (Å²) in [5, 5.41) is 33.6. The van der Waals surface area contributed by atoms with Gasteiger partial charge in [0.2, 0.25) is 0 Å². The van der Waals surface area contributed by atoms with Gasteiger partial charge < -0.3 is 19.9 Å². The number of carbonyl (C=O) groups is 3. The van der Waals surface area contributed by atoms with Gasteiger partial charge in [0.05, 0.1) is 34.1 Å². The van der Waals surface area contributed by atoms with E-state index in [0.29, 0.717) is 0 Å². The van der Waals surface area contributed by atoms with Crippen LogP contribution in [0.2, 0.25) is 0 Å². The zero-order valence-corrected chi connectivity index (χ0v) is 21.8. The highest BCUT2D eigenvalue weighted by atomic mass is 32.1. The predicted octanol–water partition coefficient (Wildman–Crippen LogP) is 2.67. The fraction of sp³-hybridized carbons (Fsp3) is 0.400. The van der Waals surface area contributed by atoms with Gasteiger partial charge in [0, 0.05) is 18.4 Å². The number of methoxy groups -OCH3 is 1. The number of benzene rings is 1. The van der Waals surface area contributed by atoms with Crippen LogP contribution in [0.15, 0.2) is 30.5 Å². The first-order chi connectivity index (χ1) is 17.5. The van der Waals surface area contributed by atoms with E-state index < -0.39 is 35.7 Å². The van der Waals surface area contributed by atoms with Crippen molar-refractivity contribution in [2.45, 2.75) is 58.0 Å². The largest absolute Gasteiger partial charge is 0.468 e. The maximum Gasteiger partial charge on any atom is 0.322 e. The Morgan fingerprint density at radius 1 is 1.30 bits per heavy atom. The number of aliphatic hydroxyl groups excluding tert-OH is 1. The third-order valence-electron chi connectivity index (χ3n) is 5.27. The molecule has 2 heterocycles. The van der Waals surface area contributed by atoms with E-state index in [2.05, 4.69) is 20.8 Å². The first kappa shape index (κ1) is 27.8. The summed E-state index contributed by atoms with van der Waals surface area (Å²) in [5.41, 5.74) is 1.12. The average molecular weight is 528 g/mol. The van der Waals surface area contributed by atoms with E-state index in [9.17, 15) is 24.8 Å². The van der Waals surface area contributed by atoms with E-state index >= 15 is 0 Å². The number of fused-ring (bicyclic) bond motifs is 1. The van der Waals surface area contributed by atoms with Gasteiger partial charge in [-0.1, -0.05) is 12.1 Å². The molecule has 2 atom stereocenters. The van der Waals surface area contributed by atoms with Gasteiger partial charge in [-0.15, -0.1) is 11.3 Å². The highest BCUT2D eigenvalue weighted by molar-refractivity contribution is 7.14. The van der Waals surface area contributed by atoms with Gasteiger partial charge >= 0.3 is 11.9 Å². The number of nitrogens with zero attached hydrogens (tertiary/aromatic N) is 2. The molecule has 0 spiro atoms. The topological polar surface area (TPSA) is 166 Å². The summed E-state index contributed by atoms with van der Waals surface area (Å²) in [6, 6.07) is 7.90. The molecule has 2 aromatic heterocycles. The highest BCUT2D eigenvalue weighted by Crippen LogP contribution is 2.28. The predicted molar refractivity (Wildman–Crippen MR) is 135 cm³/mol. The highest BCUT2D eigenvalue weighted by Gasteiger charge is 2.28. The Kier molecular flexibility index (Phi) is 8.99. The lowest BCUT2D eigenvalue weighted by Crippen LogP contribution is -2.40. The number of nitrogens with one attached hydrogen (secondary N) is 3. The van der Waals surface area contributed by atoms with Crippen molar-refractivity contribution in [3.8, 4) is 6.07 Å². The number of hydrogen-bond acceptors (Lipinski definition) is 10. The standard InChI is InChI=1S/C25H29N5O6S/c1-25(2,3)36-20(31)9-8-18(24(34)35-4)29-23(33)21-15(11-26)10-19(37-21)22(32)27-12-14-6-5-7-17-16(14)13-28-30-17/h5-7,10,13,18,23,29,33H,8-9,12H2,1-4H3,(H,27,32)(H,28,30)/t18-,23?/m0/s1. The summed E-state index contributed by atoms with van der Waals surface area (Å²) in [7, 11) is 1.19. The van der Waals surface area contributed by atoms with Crippen molar-refractivity contribution in [3.05, 3.63) is 51.3 Å². The Morgan fingerprint density at radius 2 is 2.05 bits per heavy atom. The van der Waals surface area contributed by atoms with Crippen molar-refractivity contribution in [1.29, 1.82) is 5.26 Å². The zero-order valence-electron chi connectivity index (χ0n) is 21.0. The summed E-state index contributed by atoms with van der Waals surface area (Å²) in [6.45, 7) is 5.43. The third-order valence-corrected chi connectivity index (χ3v) is 6.46. The number of nitriles is 1. The molecule has 0 aliphatic heterocycles. The molecular weight excluding hydrogens is 498 g/mol. The lowest BCUT2D eigenvalue weighted by atomic mass is 10.1. The molecule has 196 valence electrons. The number of H-pyrrole nitrogens is 1. The van der Waals surface area contributed by atoms with E-state index in [1.807, 2.05) is 24.3 Å². The quantitative estimate of drug-likeness (QED) is 0.229. The molecule has 0 saturated heterocycles. The van der Waals surface area contributed by atoms with E-state index in [-0.39, 0.29) is 34.7 Å². The van der Waals surface area contributed by atoms with Gasteiger partial charge in [-0.25, -0.2) is 0 Å². The number of carbonyl (C=O) groups excluding carboxylic acids is 3. The molecule has 0 aliphatic carbocycles. The first-order valence-corrected chi connectivity index (χ1v) is 12.3. The van der Waals surface area contributed by atoms with Crippen LogP contribution in [0.25, 0.3) is 10.9 Å². The fourth-order valence-corrected chi connectivity index (χ4v) is 4.56. The summed E-state index contributed by atoms with van der Waals surface area (Å²) in [4.78, 5) is 37.5. The zero-order chi connectivity index (χ0) is 27.2. The number of rotatable bonds is 10. The summed E-state index contributed by atoms with van der Waals surface area (Å²) in [6.07, 6.45) is 0.127. The lowest BCUT2D eigenvalue weighted by molar-refractivity contribution is -0.155. The van der Waals surface area contributed by atoms with Crippen LogP contribution < -0.4 is 10.6 Å². The minimum absolute atomic E-state index is 0.00118. The monoisotopic (exact) mass is 527 g/mol. The second-order valence-electron chi connectivity index (χ2n) is 9.20. The molecule has 37 heavy (non-hydrogen) atoms. The molecule has 0 radical (unpaired) electrons. The molecular formula is C25H29N5O6S. The molecule has 3 rings (SSSR count). The lowest BCUT2D eigenvalue weighted by Gasteiger charge is -2.22. The first-order valence-electron chi connectivity index (χ1n) is 11.5.